The van der Waals surface area contributed by atoms with E-state index >= 15 is 0 Å². The van der Waals surface area contributed by atoms with Gasteiger partial charge in [-0.15, -0.1) is 0 Å². The van der Waals surface area contributed by atoms with E-state index in [1.54, 1.807) is 17.0 Å². The van der Waals surface area contributed by atoms with Crippen molar-refractivity contribution in [3.8, 4) is 0 Å². The maximum Gasteiger partial charge on any atom is 0.416 e. The van der Waals surface area contributed by atoms with Gasteiger partial charge < -0.3 is 14.7 Å². The summed E-state index contributed by atoms with van der Waals surface area (Å²) >= 11 is 7.50. The summed E-state index contributed by atoms with van der Waals surface area (Å²) in [5.74, 6) is 0.891. The van der Waals surface area contributed by atoms with Crippen molar-refractivity contribution in [2.24, 2.45) is 0 Å². The first-order valence-corrected chi connectivity index (χ1v) is 13.2. The van der Waals surface area contributed by atoms with Gasteiger partial charge in [-0.2, -0.15) is 13.2 Å². The Morgan fingerprint density at radius 2 is 1.83 bits per heavy atom. The van der Waals surface area contributed by atoms with Crippen molar-refractivity contribution in [3.05, 3.63) is 41.0 Å². The molecule has 2 aliphatic rings. The number of nitrogens with zero attached hydrogens (tertiary/aromatic N) is 5. The first-order chi connectivity index (χ1) is 16.7. The van der Waals surface area contributed by atoms with E-state index in [9.17, 15) is 18.0 Å². The minimum Gasteiger partial charge on any atom is -0.368 e. The minimum absolute atomic E-state index is 0.0514. The van der Waals surface area contributed by atoms with Gasteiger partial charge in [0, 0.05) is 51.0 Å². The second-order valence-electron chi connectivity index (χ2n) is 8.94. The summed E-state index contributed by atoms with van der Waals surface area (Å²) in [7, 11) is 2.03. The highest BCUT2D eigenvalue weighted by atomic mass is 35.5. The highest BCUT2D eigenvalue weighted by molar-refractivity contribution is 7.99. The molecule has 0 spiro atoms. The number of benzene rings is 1. The van der Waals surface area contributed by atoms with Crippen LogP contribution in [-0.2, 0) is 11.0 Å². The molecule has 0 radical (unpaired) electrons. The van der Waals surface area contributed by atoms with Crippen LogP contribution in [0.5, 0.6) is 0 Å². The van der Waals surface area contributed by atoms with Crippen LogP contribution in [0.15, 0.2) is 35.5 Å². The Kier molecular flexibility index (Phi) is 8.31. The van der Waals surface area contributed by atoms with Crippen LogP contribution in [0.2, 0.25) is 5.15 Å². The lowest BCUT2D eigenvalue weighted by Gasteiger charge is -2.36. The number of hydrogen-bond acceptors (Lipinski definition) is 6. The van der Waals surface area contributed by atoms with E-state index in [2.05, 4.69) is 14.9 Å². The summed E-state index contributed by atoms with van der Waals surface area (Å²) in [5, 5.41) is 0.813. The van der Waals surface area contributed by atoms with E-state index < -0.39 is 11.7 Å². The van der Waals surface area contributed by atoms with Gasteiger partial charge in [-0.3, -0.25) is 4.79 Å². The van der Waals surface area contributed by atoms with Crippen LogP contribution in [-0.4, -0.2) is 65.8 Å². The molecule has 1 aromatic heterocycles. The third-order valence-corrected chi connectivity index (χ3v) is 7.67. The lowest BCUT2D eigenvalue weighted by Crippen LogP contribution is -2.49. The molecule has 0 N–H and O–H groups in total. The lowest BCUT2D eigenvalue weighted by molar-refractivity contribution is -0.137. The second-order valence-corrected chi connectivity index (χ2v) is 10.3. The van der Waals surface area contributed by atoms with E-state index in [1.165, 1.54) is 37.1 Å². The Balaban J connectivity index is 1.31. The zero-order valence-corrected chi connectivity index (χ0v) is 21.2. The van der Waals surface area contributed by atoms with Crippen molar-refractivity contribution in [3.63, 3.8) is 0 Å². The largest absolute Gasteiger partial charge is 0.416 e. The summed E-state index contributed by atoms with van der Waals surface area (Å²) in [6.07, 6.45) is 1.58. The lowest BCUT2D eigenvalue weighted by atomic mass is 9.94. The minimum atomic E-state index is -4.38. The van der Waals surface area contributed by atoms with Gasteiger partial charge in [-0.05, 0) is 31.0 Å². The van der Waals surface area contributed by atoms with E-state index in [1.807, 2.05) is 11.9 Å². The van der Waals surface area contributed by atoms with Gasteiger partial charge in [-0.1, -0.05) is 48.7 Å². The van der Waals surface area contributed by atoms with Gasteiger partial charge in [-0.25, -0.2) is 9.97 Å². The summed E-state index contributed by atoms with van der Waals surface area (Å²) in [4.78, 5) is 27.5. The van der Waals surface area contributed by atoms with Gasteiger partial charge in [0.1, 0.15) is 11.0 Å². The molecule has 35 heavy (non-hydrogen) atoms. The van der Waals surface area contributed by atoms with Crippen molar-refractivity contribution in [1.29, 1.82) is 0 Å². The SMILES string of the molecule is CN(c1cc(Cl)nc(SCC(=O)N2CCN(c3cccc(C(F)(F)F)c3)CC2)n1)C1CCCCC1. The molecular formula is C24H29ClF3N5OS. The fourth-order valence-electron chi connectivity index (χ4n) is 4.60. The van der Waals surface area contributed by atoms with Gasteiger partial charge >= 0.3 is 6.18 Å². The molecule has 11 heteroatoms. The molecule has 6 nitrogen and oxygen atoms in total. The molecule has 0 bridgehead atoms. The fraction of sp³-hybridized carbons (Fsp3) is 0.542. The molecule has 2 aromatic rings. The smallest absolute Gasteiger partial charge is 0.368 e. The molecule has 4 rings (SSSR count). The van der Waals surface area contributed by atoms with Crippen molar-refractivity contribution in [2.75, 3.05) is 48.8 Å². The molecule has 1 aliphatic carbocycles. The van der Waals surface area contributed by atoms with Crippen molar-refractivity contribution in [1.82, 2.24) is 14.9 Å². The first kappa shape index (κ1) is 25.9. The molecule has 1 amide bonds. The monoisotopic (exact) mass is 527 g/mol. The molecule has 2 fully saturated rings. The standard InChI is InChI=1S/C24H29ClF3N5OS/c1-31(18-7-3-2-4-8-18)21-15-20(25)29-23(30-21)35-16-22(34)33-12-10-32(11-13-33)19-9-5-6-17(14-19)24(26,27)28/h5-6,9,14-15,18H,2-4,7-8,10-13,16H2,1H3. The molecule has 190 valence electrons. The number of carbonyl (C=O) groups is 1. The van der Waals surface area contributed by atoms with Crippen LogP contribution >= 0.6 is 23.4 Å². The summed E-state index contributed by atoms with van der Waals surface area (Å²) in [5.41, 5.74) is -0.150. The predicted octanol–water partition coefficient (Wildman–Crippen LogP) is 5.36. The molecule has 1 aromatic carbocycles. The van der Waals surface area contributed by atoms with Gasteiger partial charge in [0.05, 0.1) is 11.3 Å². The highest BCUT2D eigenvalue weighted by Crippen LogP contribution is 2.32. The summed E-state index contributed by atoms with van der Waals surface area (Å²) in [6, 6.07) is 7.50. The Hall–Kier alpha value is -2.20. The van der Waals surface area contributed by atoms with Gasteiger partial charge in [0.2, 0.25) is 5.91 Å². The molecule has 1 saturated heterocycles. The number of halogens is 4. The number of piperazine rings is 1. The zero-order chi connectivity index (χ0) is 25.0. The fourth-order valence-corrected chi connectivity index (χ4v) is 5.58. The molecule has 0 atom stereocenters. The topological polar surface area (TPSA) is 52.6 Å². The van der Waals surface area contributed by atoms with E-state index in [-0.39, 0.29) is 11.7 Å². The quantitative estimate of drug-likeness (QED) is 0.286. The highest BCUT2D eigenvalue weighted by Gasteiger charge is 2.31. The van der Waals surface area contributed by atoms with Crippen molar-refractivity contribution in [2.45, 2.75) is 49.5 Å². The summed E-state index contributed by atoms with van der Waals surface area (Å²) in [6.45, 7) is 1.84. The number of rotatable bonds is 6. The number of hydrogen-bond donors (Lipinski definition) is 0. The number of amides is 1. The molecule has 1 aliphatic heterocycles. The van der Waals surface area contributed by atoms with Crippen LogP contribution in [0, 0.1) is 0 Å². The Bertz CT molecular complexity index is 1030. The maximum atomic E-state index is 13.0. The average molecular weight is 528 g/mol. The molecule has 1 saturated carbocycles. The number of carbonyl (C=O) groups excluding carboxylic acids is 1. The Labute approximate surface area is 212 Å². The van der Waals surface area contributed by atoms with E-state index in [4.69, 9.17) is 11.6 Å². The van der Waals surface area contributed by atoms with Crippen molar-refractivity contribution < 1.29 is 18.0 Å². The van der Waals surface area contributed by atoms with Crippen LogP contribution in [0.4, 0.5) is 24.7 Å². The van der Waals surface area contributed by atoms with Crippen LogP contribution in [0.25, 0.3) is 0 Å². The Morgan fingerprint density at radius 1 is 1.11 bits per heavy atom. The Morgan fingerprint density at radius 3 is 2.51 bits per heavy atom. The molecule has 0 unspecified atom stereocenters. The second kappa shape index (κ2) is 11.2. The van der Waals surface area contributed by atoms with Gasteiger partial charge in [0.15, 0.2) is 5.16 Å². The van der Waals surface area contributed by atoms with Gasteiger partial charge in [0.25, 0.3) is 0 Å². The molecular weight excluding hydrogens is 499 g/mol. The summed E-state index contributed by atoms with van der Waals surface area (Å²) < 4.78 is 39.1. The number of alkyl halides is 3. The molecule has 2 heterocycles. The van der Waals surface area contributed by atoms with Crippen LogP contribution < -0.4 is 9.80 Å². The number of thioether (sulfide) groups is 1. The zero-order valence-electron chi connectivity index (χ0n) is 19.6. The third-order valence-electron chi connectivity index (χ3n) is 6.64. The number of anilines is 2. The first-order valence-electron chi connectivity index (χ1n) is 11.8. The van der Waals surface area contributed by atoms with E-state index in [0.29, 0.717) is 48.2 Å². The van der Waals surface area contributed by atoms with Crippen molar-refractivity contribution >= 4 is 40.8 Å². The number of aromatic nitrogens is 2. The van der Waals surface area contributed by atoms with Crippen LogP contribution in [0.1, 0.15) is 37.7 Å². The van der Waals surface area contributed by atoms with E-state index in [0.717, 1.165) is 30.8 Å². The average Bonchev–Trinajstić information content (AvgIpc) is 2.86. The maximum absolute atomic E-state index is 13.0. The third kappa shape index (κ3) is 6.73. The van der Waals surface area contributed by atoms with Crippen LogP contribution in [0.3, 0.4) is 0 Å². The predicted molar refractivity (Wildman–Crippen MR) is 133 cm³/mol. The normalized spacial score (nSPS) is 17.5.